The van der Waals surface area contributed by atoms with Gasteiger partial charge in [-0.05, 0) is 50.4 Å². The van der Waals surface area contributed by atoms with E-state index >= 15 is 0 Å². The number of hydrogen-bond donors (Lipinski definition) is 0. The van der Waals surface area contributed by atoms with Gasteiger partial charge in [-0.3, -0.25) is 4.90 Å². The van der Waals surface area contributed by atoms with Gasteiger partial charge in [0.2, 0.25) is 0 Å². The predicted octanol–water partition coefficient (Wildman–Crippen LogP) is 3.13. The first-order chi connectivity index (χ1) is 10.1. The quantitative estimate of drug-likeness (QED) is 0.827. The first-order valence-corrected chi connectivity index (χ1v) is 8.42. The summed E-state index contributed by atoms with van der Waals surface area (Å²) in [7, 11) is 4.27. The third kappa shape index (κ3) is 3.18. The van der Waals surface area contributed by atoms with Crippen molar-refractivity contribution in [2.75, 3.05) is 50.1 Å². The highest BCUT2D eigenvalue weighted by atomic mass is 15.2. The van der Waals surface area contributed by atoms with E-state index in [-0.39, 0.29) is 0 Å². The van der Waals surface area contributed by atoms with Crippen molar-refractivity contribution in [3.63, 3.8) is 0 Å². The number of fused-ring (bicyclic) bond motifs is 1. The molecule has 1 aromatic carbocycles. The SMILES string of the molecule is Cc1ccc(N2CCCN3CCCCC3C2)cc1N(C)C. The van der Waals surface area contributed by atoms with Gasteiger partial charge in [-0.1, -0.05) is 12.5 Å². The lowest BCUT2D eigenvalue weighted by Crippen LogP contribution is -2.44. The van der Waals surface area contributed by atoms with Crippen LogP contribution in [0.3, 0.4) is 0 Å². The first-order valence-electron chi connectivity index (χ1n) is 8.42. The smallest absolute Gasteiger partial charge is 0.0411 e. The van der Waals surface area contributed by atoms with E-state index in [4.69, 9.17) is 0 Å². The Morgan fingerprint density at radius 2 is 1.86 bits per heavy atom. The van der Waals surface area contributed by atoms with Crippen molar-refractivity contribution in [1.29, 1.82) is 0 Å². The maximum atomic E-state index is 2.73. The Bertz CT molecular complexity index is 483. The molecule has 21 heavy (non-hydrogen) atoms. The van der Waals surface area contributed by atoms with Gasteiger partial charge in [-0.15, -0.1) is 0 Å². The monoisotopic (exact) mass is 287 g/mol. The van der Waals surface area contributed by atoms with Crippen LogP contribution in [0.2, 0.25) is 0 Å². The molecule has 2 heterocycles. The van der Waals surface area contributed by atoms with Crippen molar-refractivity contribution in [2.24, 2.45) is 0 Å². The Morgan fingerprint density at radius 1 is 1.05 bits per heavy atom. The molecule has 0 N–H and O–H groups in total. The lowest BCUT2D eigenvalue weighted by atomic mass is 10.0. The molecular formula is C18H29N3. The highest BCUT2D eigenvalue weighted by molar-refractivity contribution is 5.63. The summed E-state index contributed by atoms with van der Waals surface area (Å²) in [6.07, 6.45) is 5.47. The van der Waals surface area contributed by atoms with Crippen LogP contribution in [0.5, 0.6) is 0 Å². The van der Waals surface area contributed by atoms with E-state index in [1.165, 1.54) is 68.8 Å². The van der Waals surface area contributed by atoms with Crippen LogP contribution in [0, 0.1) is 6.92 Å². The molecule has 3 rings (SSSR count). The van der Waals surface area contributed by atoms with Crippen LogP contribution in [0.25, 0.3) is 0 Å². The van der Waals surface area contributed by atoms with E-state index in [1.54, 1.807) is 0 Å². The fourth-order valence-corrected chi connectivity index (χ4v) is 3.88. The second-order valence-electron chi connectivity index (χ2n) is 6.85. The molecule has 2 aliphatic rings. The zero-order valence-corrected chi connectivity index (χ0v) is 13.8. The molecule has 0 amide bonds. The molecule has 0 radical (unpaired) electrons. The predicted molar refractivity (Wildman–Crippen MR) is 91.5 cm³/mol. The molecule has 116 valence electrons. The summed E-state index contributed by atoms with van der Waals surface area (Å²) in [4.78, 5) is 7.57. The van der Waals surface area contributed by atoms with E-state index in [9.17, 15) is 0 Å². The third-order valence-corrected chi connectivity index (χ3v) is 5.09. The molecular weight excluding hydrogens is 258 g/mol. The normalized spacial score (nSPS) is 23.6. The van der Waals surface area contributed by atoms with Crippen LogP contribution in [-0.4, -0.2) is 51.2 Å². The minimum atomic E-state index is 0.769. The molecule has 0 spiro atoms. The summed E-state index contributed by atoms with van der Waals surface area (Å²) in [5.74, 6) is 0. The van der Waals surface area contributed by atoms with Crippen molar-refractivity contribution >= 4 is 11.4 Å². The molecule has 2 aliphatic heterocycles. The number of anilines is 2. The van der Waals surface area contributed by atoms with Gasteiger partial charge in [0.25, 0.3) is 0 Å². The minimum Gasteiger partial charge on any atom is -0.377 e. The maximum absolute atomic E-state index is 2.73. The van der Waals surface area contributed by atoms with Gasteiger partial charge in [-0.25, -0.2) is 0 Å². The average Bonchev–Trinajstić information content (AvgIpc) is 2.69. The third-order valence-electron chi connectivity index (χ3n) is 5.09. The molecule has 0 bridgehead atoms. The molecule has 0 saturated carbocycles. The van der Waals surface area contributed by atoms with Crippen LogP contribution in [0.15, 0.2) is 18.2 Å². The van der Waals surface area contributed by atoms with Crippen LogP contribution in [0.4, 0.5) is 11.4 Å². The van der Waals surface area contributed by atoms with E-state index in [0.29, 0.717) is 0 Å². The van der Waals surface area contributed by atoms with Gasteiger partial charge in [0.05, 0.1) is 0 Å². The molecule has 3 nitrogen and oxygen atoms in total. The van der Waals surface area contributed by atoms with Gasteiger partial charge in [0.15, 0.2) is 0 Å². The molecule has 3 heteroatoms. The zero-order chi connectivity index (χ0) is 14.8. The fourth-order valence-electron chi connectivity index (χ4n) is 3.88. The van der Waals surface area contributed by atoms with Crippen LogP contribution >= 0.6 is 0 Å². The van der Waals surface area contributed by atoms with Crippen LogP contribution < -0.4 is 9.80 Å². The van der Waals surface area contributed by atoms with Crippen LogP contribution in [-0.2, 0) is 0 Å². The average molecular weight is 287 g/mol. The lowest BCUT2D eigenvalue weighted by Gasteiger charge is -2.36. The maximum Gasteiger partial charge on any atom is 0.0411 e. The van der Waals surface area contributed by atoms with Crippen molar-refractivity contribution < 1.29 is 0 Å². The molecule has 2 fully saturated rings. The highest BCUT2D eigenvalue weighted by Crippen LogP contribution is 2.28. The standard InChI is InChI=1S/C18H29N3/c1-15-8-9-16(13-18(15)19(2)3)21-12-6-11-20-10-5-4-7-17(20)14-21/h8-9,13,17H,4-7,10-12,14H2,1-3H3. The molecule has 0 aromatic heterocycles. The number of aryl methyl sites for hydroxylation is 1. The summed E-state index contributed by atoms with van der Waals surface area (Å²) in [5, 5.41) is 0. The molecule has 1 atom stereocenters. The van der Waals surface area contributed by atoms with Gasteiger partial charge in [-0.2, -0.15) is 0 Å². The second kappa shape index (κ2) is 6.27. The molecule has 2 saturated heterocycles. The van der Waals surface area contributed by atoms with E-state index in [2.05, 4.69) is 53.9 Å². The van der Waals surface area contributed by atoms with E-state index in [0.717, 1.165) is 6.04 Å². The Kier molecular flexibility index (Phi) is 4.39. The van der Waals surface area contributed by atoms with Gasteiger partial charge >= 0.3 is 0 Å². The number of rotatable bonds is 2. The van der Waals surface area contributed by atoms with Crippen LogP contribution in [0.1, 0.15) is 31.2 Å². The van der Waals surface area contributed by atoms with Crippen molar-refractivity contribution in [3.8, 4) is 0 Å². The summed E-state index contributed by atoms with van der Waals surface area (Å²) in [6.45, 7) is 7.20. The van der Waals surface area contributed by atoms with Gasteiger partial charge in [0.1, 0.15) is 0 Å². The Labute approximate surface area is 129 Å². The Hall–Kier alpha value is -1.22. The minimum absolute atomic E-state index is 0.769. The summed E-state index contributed by atoms with van der Waals surface area (Å²) in [5.41, 5.74) is 4.10. The number of piperidine rings is 1. The summed E-state index contributed by atoms with van der Waals surface area (Å²) >= 11 is 0. The van der Waals surface area contributed by atoms with Crippen molar-refractivity contribution in [3.05, 3.63) is 23.8 Å². The summed E-state index contributed by atoms with van der Waals surface area (Å²) < 4.78 is 0. The van der Waals surface area contributed by atoms with Gasteiger partial charge in [0, 0.05) is 51.1 Å². The molecule has 1 unspecified atom stereocenters. The topological polar surface area (TPSA) is 9.72 Å². The molecule has 0 aliphatic carbocycles. The fraction of sp³-hybridized carbons (Fsp3) is 0.667. The number of benzene rings is 1. The number of hydrogen-bond acceptors (Lipinski definition) is 3. The summed E-state index contributed by atoms with van der Waals surface area (Å²) in [6, 6.07) is 7.72. The van der Waals surface area contributed by atoms with E-state index < -0.39 is 0 Å². The van der Waals surface area contributed by atoms with Crippen molar-refractivity contribution in [1.82, 2.24) is 4.90 Å². The first kappa shape index (κ1) is 14.7. The lowest BCUT2D eigenvalue weighted by molar-refractivity contribution is 0.162. The Balaban J connectivity index is 1.81. The van der Waals surface area contributed by atoms with Crippen molar-refractivity contribution in [2.45, 2.75) is 38.6 Å². The zero-order valence-electron chi connectivity index (χ0n) is 13.8. The Morgan fingerprint density at radius 3 is 2.67 bits per heavy atom. The second-order valence-corrected chi connectivity index (χ2v) is 6.85. The van der Waals surface area contributed by atoms with Gasteiger partial charge < -0.3 is 9.80 Å². The largest absolute Gasteiger partial charge is 0.377 e. The number of nitrogens with zero attached hydrogens (tertiary/aromatic N) is 3. The van der Waals surface area contributed by atoms with E-state index in [1.807, 2.05) is 0 Å². The molecule has 1 aromatic rings. The highest BCUT2D eigenvalue weighted by Gasteiger charge is 2.27.